The summed E-state index contributed by atoms with van der Waals surface area (Å²) in [5, 5.41) is 0. The molecule has 22 heavy (non-hydrogen) atoms. The minimum absolute atomic E-state index is 0.204. The van der Waals surface area contributed by atoms with Gasteiger partial charge >= 0.3 is 0 Å². The van der Waals surface area contributed by atoms with Crippen molar-refractivity contribution >= 4 is 5.91 Å². The molecule has 4 nitrogen and oxygen atoms in total. The largest absolute Gasteiger partial charge is 0.465 e. The third-order valence-electron chi connectivity index (χ3n) is 5.72. The van der Waals surface area contributed by atoms with E-state index in [0.717, 1.165) is 50.0 Å². The van der Waals surface area contributed by atoms with Crippen LogP contribution in [0, 0.1) is 18.8 Å². The number of hydrogen-bond acceptors (Lipinski definition) is 3. The zero-order valence-corrected chi connectivity index (χ0v) is 13.5. The Balaban J connectivity index is 1.46. The summed E-state index contributed by atoms with van der Waals surface area (Å²) in [6.45, 7) is 5.74. The molecule has 2 bridgehead atoms. The molecule has 3 saturated heterocycles. The Morgan fingerprint density at radius 3 is 2.73 bits per heavy atom. The Morgan fingerprint density at radius 2 is 2.05 bits per heavy atom. The minimum atomic E-state index is 0.204. The van der Waals surface area contributed by atoms with Crippen LogP contribution in [0.1, 0.15) is 43.6 Å². The molecule has 3 aliphatic heterocycles. The number of piperidine rings is 1. The Hall–Kier alpha value is -1.29. The lowest BCUT2D eigenvalue weighted by Gasteiger charge is -2.40. The van der Waals surface area contributed by atoms with Gasteiger partial charge in [-0.25, -0.2) is 0 Å². The van der Waals surface area contributed by atoms with E-state index in [2.05, 4.69) is 15.9 Å². The summed E-state index contributed by atoms with van der Waals surface area (Å²) in [7, 11) is 0. The Bertz CT molecular complexity index is 549. The summed E-state index contributed by atoms with van der Waals surface area (Å²) in [5.41, 5.74) is 0. The molecule has 0 radical (unpaired) electrons. The van der Waals surface area contributed by atoms with E-state index in [1.54, 1.807) is 0 Å². The van der Waals surface area contributed by atoms with E-state index in [0.29, 0.717) is 11.9 Å². The quantitative estimate of drug-likeness (QED) is 0.858. The fourth-order valence-corrected chi connectivity index (χ4v) is 4.24. The van der Waals surface area contributed by atoms with Gasteiger partial charge in [-0.15, -0.1) is 0 Å². The fourth-order valence-electron chi connectivity index (χ4n) is 4.24. The lowest BCUT2D eigenvalue weighted by molar-refractivity contribution is -0.141. The molecule has 4 heteroatoms. The van der Waals surface area contributed by atoms with Crippen molar-refractivity contribution in [2.75, 3.05) is 19.6 Å². The van der Waals surface area contributed by atoms with Crippen LogP contribution in [-0.4, -0.2) is 41.4 Å². The van der Waals surface area contributed by atoms with Crippen molar-refractivity contribution in [2.24, 2.45) is 11.8 Å². The van der Waals surface area contributed by atoms with Crippen molar-refractivity contribution in [3.63, 3.8) is 0 Å². The van der Waals surface area contributed by atoms with Gasteiger partial charge in [0, 0.05) is 25.7 Å². The molecule has 5 rings (SSSR count). The standard InChI is InChI=1S/C18H26N2O2/c1-13-5-8-17(22-13)12-19-10-15-6-7-16(11-19)20(18(15)21)9-14-3-2-4-14/h5,8,14-16H,2-4,6-7,9-12H2,1H3/t15-,16+/m0/s1. The maximum atomic E-state index is 12.8. The first-order chi connectivity index (χ1) is 10.7. The molecule has 1 amide bonds. The van der Waals surface area contributed by atoms with Crippen LogP contribution in [0.2, 0.25) is 0 Å². The summed E-state index contributed by atoms with van der Waals surface area (Å²) in [6, 6.07) is 4.51. The van der Waals surface area contributed by atoms with Crippen LogP contribution in [-0.2, 0) is 11.3 Å². The van der Waals surface area contributed by atoms with Gasteiger partial charge in [0.1, 0.15) is 11.5 Å². The summed E-state index contributed by atoms with van der Waals surface area (Å²) >= 11 is 0. The molecule has 4 aliphatic rings. The molecule has 1 aromatic rings. The van der Waals surface area contributed by atoms with Crippen molar-refractivity contribution in [3.05, 3.63) is 23.7 Å². The first-order valence-electron chi connectivity index (χ1n) is 8.77. The third-order valence-corrected chi connectivity index (χ3v) is 5.72. The highest BCUT2D eigenvalue weighted by atomic mass is 16.3. The molecule has 4 fully saturated rings. The van der Waals surface area contributed by atoms with Crippen LogP contribution < -0.4 is 0 Å². The SMILES string of the molecule is Cc1ccc(CN2C[C@@H]3CC[C@H](C2)N(CC2CCC2)C3=O)o1. The highest BCUT2D eigenvalue weighted by Crippen LogP contribution is 2.34. The summed E-state index contributed by atoms with van der Waals surface area (Å²) in [6.07, 6.45) is 6.23. The van der Waals surface area contributed by atoms with Gasteiger partial charge in [-0.3, -0.25) is 9.69 Å². The molecule has 0 N–H and O–H groups in total. The van der Waals surface area contributed by atoms with E-state index in [1.807, 2.05) is 13.0 Å². The lowest BCUT2D eigenvalue weighted by atomic mass is 9.83. The van der Waals surface area contributed by atoms with Crippen molar-refractivity contribution < 1.29 is 9.21 Å². The maximum absolute atomic E-state index is 12.8. The maximum Gasteiger partial charge on any atom is 0.227 e. The average Bonchev–Trinajstić information content (AvgIpc) is 2.68. The van der Waals surface area contributed by atoms with E-state index < -0.39 is 0 Å². The van der Waals surface area contributed by atoms with Gasteiger partial charge in [-0.2, -0.15) is 0 Å². The van der Waals surface area contributed by atoms with Gasteiger partial charge in [0.15, 0.2) is 0 Å². The van der Waals surface area contributed by atoms with E-state index in [4.69, 9.17) is 4.42 Å². The zero-order chi connectivity index (χ0) is 15.1. The molecule has 120 valence electrons. The number of fused-ring (bicyclic) bond motifs is 4. The van der Waals surface area contributed by atoms with Crippen LogP contribution in [0.3, 0.4) is 0 Å². The van der Waals surface area contributed by atoms with Crippen LogP contribution in [0.15, 0.2) is 16.5 Å². The predicted octanol–water partition coefficient (Wildman–Crippen LogP) is 2.81. The summed E-state index contributed by atoms with van der Waals surface area (Å²) in [4.78, 5) is 17.4. The zero-order valence-electron chi connectivity index (χ0n) is 13.5. The number of amides is 1. The number of rotatable bonds is 4. The lowest BCUT2D eigenvalue weighted by Crippen LogP contribution is -2.50. The van der Waals surface area contributed by atoms with Gasteiger partial charge in [-0.05, 0) is 50.7 Å². The Kier molecular flexibility index (Phi) is 3.73. The van der Waals surface area contributed by atoms with Crippen molar-refractivity contribution in [3.8, 4) is 0 Å². The molecule has 0 aromatic carbocycles. The summed E-state index contributed by atoms with van der Waals surface area (Å²) < 4.78 is 5.72. The molecule has 0 spiro atoms. The molecule has 0 unspecified atom stereocenters. The van der Waals surface area contributed by atoms with Crippen molar-refractivity contribution in [2.45, 2.75) is 51.6 Å². The molecule has 1 aromatic heterocycles. The predicted molar refractivity (Wildman–Crippen MR) is 84.3 cm³/mol. The van der Waals surface area contributed by atoms with E-state index in [1.165, 1.54) is 25.7 Å². The van der Waals surface area contributed by atoms with E-state index in [9.17, 15) is 4.79 Å². The molecule has 4 heterocycles. The third kappa shape index (κ3) is 2.69. The molecular weight excluding hydrogens is 276 g/mol. The topological polar surface area (TPSA) is 36.7 Å². The second-order valence-electron chi connectivity index (χ2n) is 7.42. The van der Waals surface area contributed by atoms with Crippen LogP contribution in [0.5, 0.6) is 0 Å². The molecule has 2 atom stereocenters. The number of aryl methyl sites for hydroxylation is 1. The van der Waals surface area contributed by atoms with Gasteiger partial charge in [0.2, 0.25) is 5.91 Å². The average molecular weight is 302 g/mol. The van der Waals surface area contributed by atoms with E-state index in [-0.39, 0.29) is 5.92 Å². The molecule has 1 aliphatic carbocycles. The normalized spacial score (nSPS) is 29.7. The molecular formula is C18H26N2O2. The number of nitrogens with zero attached hydrogens (tertiary/aromatic N) is 2. The highest BCUT2D eigenvalue weighted by molar-refractivity contribution is 5.80. The first kappa shape index (κ1) is 14.3. The van der Waals surface area contributed by atoms with Crippen LogP contribution in [0.25, 0.3) is 0 Å². The smallest absolute Gasteiger partial charge is 0.227 e. The molecule has 1 saturated carbocycles. The van der Waals surface area contributed by atoms with Crippen LogP contribution in [0.4, 0.5) is 0 Å². The van der Waals surface area contributed by atoms with Gasteiger partial charge in [0.25, 0.3) is 0 Å². The van der Waals surface area contributed by atoms with Crippen LogP contribution >= 0.6 is 0 Å². The number of furan rings is 1. The van der Waals surface area contributed by atoms with E-state index >= 15 is 0 Å². The number of carbonyl (C=O) groups excluding carboxylic acids is 1. The van der Waals surface area contributed by atoms with Crippen molar-refractivity contribution in [1.82, 2.24) is 9.80 Å². The highest BCUT2D eigenvalue weighted by Gasteiger charge is 2.41. The van der Waals surface area contributed by atoms with Gasteiger partial charge < -0.3 is 9.32 Å². The minimum Gasteiger partial charge on any atom is -0.465 e. The fraction of sp³-hybridized carbons (Fsp3) is 0.722. The summed E-state index contributed by atoms with van der Waals surface area (Å²) in [5.74, 6) is 3.38. The van der Waals surface area contributed by atoms with Crippen molar-refractivity contribution in [1.29, 1.82) is 0 Å². The number of carbonyl (C=O) groups is 1. The Labute approximate surface area is 132 Å². The van der Waals surface area contributed by atoms with Gasteiger partial charge in [0.05, 0.1) is 12.5 Å². The van der Waals surface area contributed by atoms with Gasteiger partial charge in [-0.1, -0.05) is 6.42 Å². The number of hydrogen-bond donors (Lipinski definition) is 0. The second-order valence-corrected chi connectivity index (χ2v) is 7.42. The first-order valence-corrected chi connectivity index (χ1v) is 8.77. The monoisotopic (exact) mass is 302 g/mol. The Morgan fingerprint density at radius 1 is 1.18 bits per heavy atom. The second kappa shape index (κ2) is 5.73.